The SMILES string of the molecule is O=C(O)N1CCC(Nc2c([N+](=O)[O-])cnc3ccsc23)C(O)C1. The lowest BCUT2D eigenvalue weighted by Gasteiger charge is -2.35. The molecule has 0 spiro atoms. The predicted molar refractivity (Wildman–Crippen MR) is 83.9 cm³/mol. The van der Waals surface area contributed by atoms with E-state index in [1.165, 1.54) is 17.5 Å². The van der Waals surface area contributed by atoms with Crippen molar-refractivity contribution < 1.29 is 19.9 Å². The number of nitro groups is 1. The predicted octanol–water partition coefficient (Wildman–Crippen LogP) is 1.73. The first-order valence-corrected chi connectivity index (χ1v) is 7.78. The van der Waals surface area contributed by atoms with Gasteiger partial charge in [-0.05, 0) is 17.9 Å². The first kappa shape index (κ1) is 15.4. The molecule has 1 aliphatic heterocycles. The lowest BCUT2D eigenvalue weighted by Crippen LogP contribution is -2.51. The number of pyridine rings is 1. The van der Waals surface area contributed by atoms with Gasteiger partial charge in [-0.3, -0.25) is 10.1 Å². The van der Waals surface area contributed by atoms with Crippen molar-refractivity contribution in [3.63, 3.8) is 0 Å². The van der Waals surface area contributed by atoms with Gasteiger partial charge in [0, 0.05) is 6.54 Å². The largest absolute Gasteiger partial charge is 0.465 e. The number of rotatable bonds is 3. The highest BCUT2D eigenvalue weighted by Crippen LogP contribution is 2.36. The molecule has 0 aromatic carbocycles. The number of aromatic nitrogens is 1. The number of piperidine rings is 1. The van der Waals surface area contributed by atoms with E-state index < -0.39 is 23.2 Å². The van der Waals surface area contributed by atoms with Gasteiger partial charge >= 0.3 is 11.8 Å². The highest BCUT2D eigenvalue weighted by Gasteiger charge is 2.32. The molecule has 23 heavy (non-hydrogen) atoms. The fourth-order valence-corrected chi connectivity index (χ4v) is 3.50. The summed E-state index contributed by atoms with van der Waals surface area (Å²) in [6, 6.07) is 1.30. The Morgan fingerprint density at radius 2 is 2.35 bits per heavy atom. The number of β-amino-alcohol motifs (C(OH)–C–C–N with tert-alkyl or cyclic N) is 1. The van der Waals surface area contributed by atoms with Crippen molar-refractivity contribution in [1.29, 1.82) is 0 Å². The number of aliphatic hydroxyl groups excluding tert-OH is 1. The molecule has 1 fully saturated rings. The fourth-order valence-electron chi connectivity index (χ4n) is 2.64. The van der Waals surface area contributed by atoms with Crippen molar-refractivity contribution in [3.8, 4) is 0 Å². The van der Waals surface area contributed by atoms with Crippen LogP contribution >= 0.6 is 11.3 Å². The number of carbonyl (C=O) groups is 1. The van der Waals surface area contributed by atoms with Crippen LogP contribution < -0.4 is 5.32 Å². The standard InChI is InChI=1S/C13H14N4O5S/c18-10-6-16(13(19)20)3-1-7(10)15-11-9(17(21)22)5-14-8-2-4-23-12(8)11/h2,4-5,7,10,18H,1,3,6H2,(H,14,15)(H,19,20). The van der Waals surface area contributed by atoms with Crippen LogP contribution in [0, 0.1) is 10.1 Å². The van der Waals surface area contributed by atoms with Crippen LogP contribution in [-0.4, -0.2) is 56.3 Å². The Labute approximate surface area is 134 Å². The van der Waals surface area contributed by atoms with E-state index in [1.54, 1.807) is 11.4 Å². The van der Waals surface area contributed by atoms with E-state index >= 15 is 0 Å². The van der Waals surface area contributed by atoms with Crippen LogP contribution in [0.5, 0.6) is 0 Å². The van der Waals surface area contributed by atoms with Crippen LogP contribution in [0.15, 0.2) is 17.6 Å². The lowest BCUT2D eigenvalue weighted by molar-refractivity contribution is -0.384. The third kappa shape index (κ3) is 2.90. The summed E-state index contributed by atoms with van der Waals surface area (Å²) in [5, 5.41) is 35.2. The minimum Gasteiger partial charge on any atom is -0.465 e. The van der Waals surface area contributed by atoms with Crippen LogP contribution in [0.2, 0.25) is 0 Å². The second-order valence-electron chi connectivity index (χ2n) is 5.25. The number of fused-ring (bicyclic) bond motifs is 1. The summed E-state index contributed by atoms with van der Waals surface area (Å²) in [7, 11) is 0. The summed E-state index contributed by atoms with van der Waals surface area (Å²) in [5.74, 6) is 0. The van der Waals surface area contributed by atoms with Gasteiger partial charge in [0.25, 0.3) is 0 Å². The van der Waals surface area contributed by atoms with E-state index in [0.717, 1.165) is 4.90 Å². The molecule has 0 radical (unpaired) electrons. The second kappa shape index (κ2) is 5.97. The van der Waals surface area contributed by atoms with E-state index in [4.69, 9.17) is 5.11 Å². The number of nitrogens with one attached hydrogen (secondary N) is 1. The third-order valence-corrected chi connectivity index (χ3v) is 4.75. The number of likely N-dealkylation sites (tertiary alicyclic amines) is 1. The molecular formula is C13H14N4O5S. The van der Waals surface area contributed by atoms with Gasteiger partial charge in [-0.2, -0.15) is 0 Å². The Bertz CT molecular complexity index is 764. The van der Waals surface area contributed by atoms with Gasteiger partial charge < -0.3 is 20.4 Å². The number of aliphatic hydroxyl groups is 1. The zero-order chi connectivity index (χ0) is 16.6. The summed E-state index contributed by atoms with van der Waals surface area (Å²) >= 11 is 1.33. The highest BCUT2D eigenvalue weighted by atomic mass is 32.1. The Morgan fingerprint density at radius 3 is 3.00 bits per heavy atom. The maximum absolute atomic E-state index is 11.2. The van der Waals surface area contributed by atoms with Crippen molar-refractivity contribution >= 4 is 39.0 Å². The van der Waals surface area contributed by atoms with E-state index in [9.17, 15) is 20.0 Å². The van der Waals surface area contributed by atoms with Crippen molar-refractivity contribution in [3.05, 3.63) is 27.8 Å². The van der Waals surface area contributed by atoms with Crippen LogP contribution in [0.25, 0.3) is 10.2 Å². The van der Waals surface area contributed by atoms with Crippen LogP contribution in [-0.2, 0) is 0 Å². The smallest absolute Gasteiger partial charge is 0.407 e. The summed E-state index contributed by atoms with van der Waals surface area (Å²) in [6.45, 7) is 0.232. The van der Waals surface area contributed by atoms with Crippen LogP contribution in [0.1, 0.15) is 6.42 Å². The zero-order valence-electron chi connectivity index (χ0n) is 11.9. The quantitative estimate of drug-likeness (QED) is 0.574. The minimum atomic E-state index is -1.09. The molecule has 3 rings (SSSR count). The number of hydrogen-bond acceptors (Lipinski definition) is 7. The molecule has 0 aliphatic carbocycles. The second-order valence-corrected chi connectivity index (χ2v) is 6.16. The number of thiophene rings is 1. The fraction of sp³-hybridized carbons (Fsp3) is 0.385. The Kier molecular flexibility index (Phi) is 4.01. The normalized spacial score (nSPS) is 21.3. The number of carboxylic acid groups (broad SMARTS) is 1. The number of anilines is 1. The summed E-state index contributed by atoms with van der Waals surface area (Å²) < 4.78 is 0.645. The first-order chi connectivity index (χ1) is 11.0. The number of nitrogens with zero attached hydrogens (tertiary/aromatic N) is 3. The monoisotopic (exact) mass is 338 g/mol. The number of amides is 1. The van der Waals surface area contributed by atoms with Crippen LogP contribution in [0.3, 0.4) is 0 Å². The first-order valence-electron chi connectivity index (χ1n) is 6.90. The van der Waals surface area contributed by atoms with E-state index in [-0.39, 0.29) is 18.8 Å². The molecule has 1 amide bonds. The molecule has 0 bridgehead atoms. The highest BCUT2D eigenvalue weighted by molar-refractivity contribution is 7.17. The van der Waals surface area contributed by atoms with Gasteiger partial charge in [0.15, 0.2) is 0 Å². The minimum absolute atomic E-state index is 0.0283. The van der Waals surface area contributed by atoms with Gasteiger partial charge in [0.05, 0.1) is 33.8 Å². The molecule has 122 valence electrons. The van der Waals surface area contributed by atoms with E-state index in [2.05, 4.69) is 10.3 Å². The van der Waals surface area contributed by atoms with Crippen molar-refractivity contribution in [2.24, 2.45) is 0 Å². The molecule has 3 heterocycles. The third-order valence-electron chi connectivity index (χ3n) is 3.83. The van der Waals surface area contributed by atoms with Gasteiger partial charge in [0.2, 0.25) is 0 Å². The molecule has 2 aromatic heterocycles. The van der Waals surface area contributed by atoms with E-state index in [1.807, 2.05) is 0 Å². The summed E-state index contributed by atoms with van der Waals surface area (Å²) in [5.41, 5.74) is 0.802. The average Bonchev–Trinajstić information content (AvgIpc) is 2.97. The van der Waals surface area contributed by atoms with Gasteiger partial charge in [0.1, 0.15) is 11.9 Å². The molecule has 10 heteroatoms. The number of hydrogen-bond donors (Lipinski definition) is 3. The topological polar surface area (TPSA) is 129 Å². The van der Waals surface area contributed by atoms with Crippen molar-refractivity contribution in [2.75, 3.05) is 18.4 Å². The summed E-state index contributed by atoms with van der Waals surface area (Å²) in [4.78, 5) is 26.8. The van der Waals surface area contributed by atoms with Gasteiger partial charge in [-0.25, -0.2) is 9.78 Å². The van der Waals surface area contributed by atoms with Crippen LogP contribution in [0.4, 0.5) is 16.2 Å². The Balaban J connectivity index is 1.89. The molecule has 2 atom stereocenters. The van der Waals surface area contributed by atoms with Gasteiger partial charge in [-0.1, -0.05) is 0 Å². The molecule has 3 N–H and O–H groups in total. The maximum atomic E-state index is 11.2. The average molecular weight is 338 g/mol. The van der Waals surface area contributed by atoms with Crippen molar-refractivity contribution in [2.45, 2.75) is 18.6 Å². The molecule has 2 unspecified atom stereocenters. The molecule has 1 saturated heterocycles. The molecule has 9 nitrogen and oxygen atoms in total. The van der Waals surface area contributed by atoms with Gasteiger partial charge in [-0.15, -0.1) is 11.3 Å². The zero-order valence-corrected chi connectivity index (χ0v) is 12.7. The summed E-state index contributed by atoms with van der Waals surface area (Å²) in [6.07, 6.45) is -0.476. The molecular weight excluding hydrogens is 324 g/mol. The molecule has 0 saturated carbocycles. The maximum Gasteiger partial charge on any atom is 0.407 e. The Morgan fingerprint density at radius 1 is 1.57 bits per heavy atom. The molecule has 2 aromatic rings. The van der Waals surface area contributed by atoms with E-state index in [0.29, 0.717) is 22.3 Å². The van der Waals surface area contributed by atoms with Crippen molar-refractivity contribution in [1.82, 2.24) is 9.88 Å². The Hall–Kier alpha value is -2.46. The molecule has 1 aliphatic rings. The lowest BCUT2D eigenvalue weighted by atomic mass is 10.0.